The third kappa shape index (κ3) is 3.98. The highest BCUT2D eigenvalue weighted by Gasteiger charge is 2.29. The van der Waals surface area contributed by atoms with Crippen LogP contribution in [-0.2, 0) is 4.74 Å². The molecule has 0 saturated heterocycles. The molecule has 0 bridgehead atoms. The normalized spacial score (nSPS) is 26.5. The molecule has 100 valence electrons. The van der Waals surface area contributed by atoms with Crippen LogP contribution in [0.5, 0.6) is 0 Å². The van der Waals surface area contributed by atoms with Gasteiger partial charge in [0, 0.05) is 13.2 Å². The predicted octanol–water partition coefficient (Wildman–Crippen LogP) is 4.94. The predicted molar refractivity (Wildman–Crippen MR) is 73.2 cm³/mol. The first kappa shape index (κ1) is 13.4. The van der Waals surface area contributed by atoms with Crippen molar-refractivity contribution in [2.75, 3.05) is 13.2 Å². The van der Waals surface area contributed by atoms with E-state index in [9.17, 15) is 0 Å². The van der Waals surface area contributed by atoms with Crippen LogP contribution in [0.3, 0.4) is 0 Å². The highest BCUT2D eigenvalue weighted by molar-refractivity contribution is 4.81. The average molecular weight is 238 g/mol. The summed E-state index contributed by atoms with van der Waals surface area (Å²) in [7, 11) is 0. The Labute approximate surface area is 107 Å². The van der Waals surface area contributed by atoms with E-state index in [0.29, 0.717) is 10.8 Å². The van der Waals surface area contributed by atoms with Crippen molar-refractivity contribution in [2.45, 2.75) is 78.1 Å². The molecule has 0 heterocycles. The molecule has 2 rings (SSSR count). The zero-order chi connectivity index (χ0) is 12.2. The molecule has 0 spiro atoms. The Morgan fingerprint density at radius 1 is 0.706 bits per heavy atom. The number of hydrogen-bond donors (Lipinski definition) is 0. The van der Waals surface area contributed by atoms with Gasteiger partial charge in [-0.2, -0.15) is 0 Å². The fourth-order valence-electron chi connectivity index (χ4n) is 3.70. The molecule has 2 aliphatic rings. The van der Waals surface area contributed by atoms with E-state index in [2.05, 4.69) is 13.8 Å². The summed E-state index contributed by atoms with van der Waals surface area (Å²) in [6.45, 7) is 6.88. The van der Waals surface area contributed by atoms with Crippen LogP contribution in [0.1, 0.15) is 78.1 Å². The van der Waals surface area contributed by atoms with Gasteiger partial charge in [0.2, 0.25) is 0 Å². The lowest BCUT2D eigenvalue weighted by Gasteiger charge is -2.25. The summed E-state index contributed by atoms with van der Waals surface area (Å²) in [5.41, 5.74) is 1.22. The lowest BCUT2D eigenvalue weighted by Crippen LogP contribution is -2.17. The molecule has 2 fully saturated rings. The van der Waals surface area contributed by atoms with Crippen LogP contribution in [0.4, 0.5) is 0 Å². The zero-order valence-electron chi connectivity index (χ0n) is 11.9. The van der Waals surface area contributed by atoms with Crippen LogP contribution in [0.2, 0.25) is 0 Å². The fourth-order valence-corrected chi connectivity index (χ4v) is 3.70. The first-order chi connectivity index (χ1) is 8.12. The Morgan fingerprint density at radius 3 is 1.41 bits per heavy atom. The van der Waals surface area contributed by atoms with Gasteiger partial charge in [0.1, 0.15) is 0 Å². The van der Waals surface area contributed by atoms with Gasteiger partial charge in [-0.15, -0.1) is 0 Å². The molecule has 0 atom stereocenters. The summed E-state index contributed by atoms with van der Waals surface area (Å²) in [6, 6.07) is 0. The van der Waals surface area contributed by atoms with E-state index in [-0.39, 0.29) is 0 Å². The van der Waals surface area contributed by atoms with E-state index < -0.39 is 0 Å². The molecular formula is C16H30O. The van der Waals surface area contributed by atoms with Crippen molar-refractivity contribution < 1.29 is 4.74 Å². The van der Waals surface area contributed by atoms with Crippen LogP contribution in [0.15, 0.2) is 0 Å². The van der Waals surface area contributed by atoms with Crippen LogP contribution in [-0.4, -0.2) is 13.2 Å². The molecule has 1 heteroatoms. The number of ether oxygens (including phenoxy) is 1. The standard InChI is InChI=1S/C16H30O/c1-15(7-3-4-8-15)11-13-17-14-12-16(2)9-5-6-10-16/h3-14H2,1-2H3. The summed E-state index contributed by atoms with van der Waals surface area (Å²) in [5.74, 6) is 0. The topological polar surface area (TPSA) is 9.23 Å². The minimum absolute atomic E-state index is 0.608. The van der Waals surface area contributed by atoms with E-state index in [1.807, 2.05) is 0 Å². The van der Waals surface area contributed by atoms with Crippen molar-refractivity contribution >= 4 is 0 Å². The summed E-state index contributed by atoms with van der Waals surface area (Å²) in [4.78, 5) is 0. The van der Waals surface area contributed by atoms with Crippen molar-refractivity contribution in [1.29, 1.82) is 0 Å². The van der Waals surface area contributed by atoms with Gasteiger partial charge in [0.05, 0.1) is 0 Å². The largest absolute Gasteiger partial charge is 0.381 e. The van der Waals surface area contributed by atoms with Gasteiger partial charge in [0.15, 0.2) is 0 Å². The van der Waals surface area contributed by atoms with E-state index in [0.717, 1.165) is 13.2 Å². The molecule has 0 aromatic carbocycles. The summed E-state index contributed by atoms with van der Waals surface area (Å²) in [5, 5.41) is 0. The first-order valence-electron chi connectivity index (χ1n) is 7.70. The van der Waals surface area contributed by atoms with Gasteiger partial charge in [-0.25, -0.2) is 0 Å². The maximum absolute atomic E-state index is 5.89. The molecule has 1 nitrogen and oxygen atoms in total. The molecule has 0 radical (unpaired) electrons. The highest BCUT2D eigenvalue weighted by Crippen LogP contribution is 2.41. The van der Waals surface area contributed by atoms with Crippen molar-refractivity contribution in [2.24, 2.45) is 10.8 Å². The molecule has 17 heavy (non-hydrogen) atoms. The average Bonchev–Trinajstić information content (AvgIpc) is 2.89. The second kappa shape index (κ2) is 5.73. The van der Waals surface area contributed by atoms with Gasteiger partial charge in [-0.05, 0) is 49.4 Å². The summed E-state index contributed by atoms with van der Waals surface area (Å²) < 4.78 is 5.89. The Kier molecular flexibility index (Phi) is 4.52. The zero-order valence-corrected chi connectivity index (χ0v) is 11.9. The molecule has 2 saturated carbocycles. The van der Waals surface area contributed by atoms with Gasteiger partial charge < -0.3 is 4.74 Å². The fraction of sp³-hybridized carbons (Fsp3) is 1.00. The minimum Gasteiger partial charge on any atom is -0.381 e. The lowest BCUT2D eigenvalue weighted by molar-refractivity contribution is 0.0766. The molecule has 0 aliphatic heterocycles. The molecule has 2 aliphatic carbocycles. The Hall–Kier alpha value is -0.0400. The first-order valence-corrected chi connectivity index (χ1v) is 7.70. The summed E-state index contributed by atoms with van der Waals surface area (Å²) >= 11 is 0. The number of hydrogen-bond acceptors (Lipinski definition) is 1. The van der Waals surface area contributed by atoms with E-state index >= 15 is 0 Å². The van der Waals surface area contributed by atoms with Crippen molar-refractivity contribution in [3.05, 3.63) is 0 Å². The van der Waals surface area contributed by atoms with E-state index in [1.54, 1.807) is 0 Å². The third-order valence-electron chi connectivity index (χ3n) is 5.32. The molecule has 0 amide bonds. The van der Waals surface area contributed by atoms with Crippen LogP contribution in [0, 0.1) is 10.8 Å². The van der Waals surface area contributed by atoms with Gasteiger partial charge >= 0.3 is 0 Å². The molecular weight excluding hydrogens is 208 g/mol. The Balaban J connectivity index is 1.54. The van der Waals surface area contributed by atoms with Crippen molar-refractivity contribution in [3.8, 4) is 0 Å². The third-order valence-corrected chi connectivity index (χ3v) is 5.32. The van der Waals surface area contributed by atoms with Gasteiger partial charge in [-0.3, -0.25) is 0 Å². The maximum Gasteiger partial charge on any atom is 0.0471 e. The van der Waals surface area contributed by atoms with Crippen LogP contribution < -0.4 is 0 Å². The van der Waals surface area contributed by atoms with Gasteiger partial charge in [-0.1, -0.05) is 39.5 Å². The molecule has 0 unspecified atom stereocenters. The van der Waals surface area contributed by atoms with Crippen molar-refractivity contribution in [1.82, 2.24) is 0 Å². The highest BCUT2D eigenvalue weighted by atomic mass is 16.5. The second-order valence-electron chi connectivity index (χ2n) is 7.15. The lowest BCUT2D eigenvalue weighted by atomic mass is 9.85. The Morgan fingerprint density at radius 2 is 1.06 bits per heavy atom. The SMILES string of the molecule is CC1(CCOCCC2(C)CCCC2)CCCC1. The molecule has 0 aromatic heterocycles. The Bertz CT molecular complexity index is 198. The maximum atomic E-state index is 5.89. The number of rotatable bonds is 6. The summed E-state index contributed by atoms with van der Waals surface area (Å²) in [6.07, 6.45) is 14.0. The minimum atomic E-state index is 0.608. The quantitative estimate of drug-likeness (QED) is 0.595. The van der Waals surface area contributed by atoms with Gasteiger partial charge in [0.25, 0.3) is 0 Å². The molecule has 0 N–H and O–H groups in total. The molecule has 0 aromatic rings. The van der Waals surface area contributed by atoms with Crippen molar-refractivity contribution in [3.63, 3.8) is 0 Å². The smallest absolute Gasteiger partial charge is 0.0471 e. The van der Waals surface area contributed by atoms with E-state index in [4.69, 9.17) is 4.74 Å². The van der Waals surface area contributed by atoms with E-state index in [1.165, 1.54) is 64.2 Å². The monoisotopic (exact) mass is 238 g/mol. The van der Waals surface area contributed by atoms with Crippen LogP contribution >= 0.6 is 0 Å². The van der Waals surface area contributed by atoms with Crippen LogP contribution in [0.25, 0.3) is 0 Å². The second-order valence-corrected chi connectivity index (χ2v) is 7.15.